The topological polar surface area (TPSA) is 54.5 Å². The predicted octanol–water partition coefficient (Wildman–Crippen LogP) is 1.21. The van der Waals surface area contributed by atoms with Gasteiger partial charge in [0.25, 0.3) is 0 Å². The summed E-state index contributed by atoms with van der Waals surface area (Å²) in [5.74, 6) is 0.697. The quantitative estimate of drug-likeness (QED) is 0.765. The van der Waals surface area contributed by atoms with Gasteiger partial charge in [-0.2, -0.15) is 0 Å². The van der Waals surface area contributed by atoms with Gasteiger partial charge in [-0.05, 0) is 25.2 Å². The van der Waals surface area contributed by atoms with Crippen LogP contribution in [-0.4, -0.2) is 43.8 Å². The maximum Gasteiger partial charge on any atom is 0.222 e. The lowest BCUT2D eigenvalue weighted by molar-refractivity contribution is -0.131. The molecule has 5 heteroatoms. The molecule has 1 saturated heterocycles. The van der Waals surface area contributed by atoms with Crippen LogP contribution in [0.15, 0.2) is 0 Å². The summed E-state index contributed by atoms with van der Waals surface area (Å²) in [6.45, 7) is 1.02. The van der Waals surface area contributed by atoms with Crippen LogP contribution in [0.25, 0.3) is 0 Å². The molecule has 1 aliphatic carbocycles. The smallest absolute Gasteiger partial charge is 0.222 e. The summed E-state index contributed by atoms with van der Waals surface area (Å²) >= 11 is 0. The number of rotatable bonds is 3. The predicted molar refractivity (Wildman–Crippen MR) is 66.4 cm³/mol. The van der Waals surface area contributed by atoms with Gasteiger partial charge in [0, 0.05) is 25.8 Å². The Morgan fingerprint density at radius 1 is 1.24 bits per heavy atom. The molecular weight excluding hydrogens is 238 g/mol. The normalized spacial score (nSPS) is 26.6. The minimum atomic E-state index is -2.99. The van der Waals surface area contributed by atoms with E-state index in [-0.39, 0.29) is 11.2 Å². The van der Waals surface area contributed by atoms with E-state index in [1.54, 1.807) is 4.90 Å². The first-order valence-electron chi connectivity index (χ1n) is 6.43. The molecule has 1 amide bonds. The lowest BCUT2D eigenvalue weighted by atomic mass is 10.0. The number of likely N-dealkylation sites (tertiary alicyclic amines) is 1. The van der Waals surface area contributed by atoms with E-state index in [9.17, 15) is 13.2 Å². The molecule has 0 spiro atoms. The molecule has 1 heterocycles. The van der Waals surface area contributed by atoms with Gasteiger partial charge in [-0.15, -0.1) is 0 Å². The Morgan fingerprint density at radius 3 is 2.41 bits per heavy atom. The molecule has 1 saturated carbocycles. The zero-order valence-corrected chi connectivity index (χ0v) is 11.2. The maximum atomic E-state index is 12.0. The summed E-state index contributed by atoms with van der Waals surface area (Å²) in [6.07, 6.45) is 7.30. The van der Waals surface area contributed by atoms with Crippen molar-refractivity contribution >= 4 is 15.7 Å². The molecule has 0 N–H and O–H groups in total. The van der Waals surface area contributed by atoms with E-state index in [2.05, 4.69) is 0 Å². The highest BCUT2D eigenvalue weighted by molar-refractivity contribution is 7.91. The van der Waals surface area contributed by atoms with E-state index < -0.39 is 9.84 Å². The van der Waals surface area contributed by atoms with Gasteiger partial charge in [0.15, 0.2) is 9.84 Å². The van der Waals surface area contributed by atoms with Crippen LogP contribution < -0.4 is 0 Å². The number of carbonyl (C=O) groups is 1. The number of amides is 1. The van der Waals surface area contributed by atoms with Crippen molar-refractivity contribution in [3.63, 3.8) is 0 Å². The average Bonchev–Trinajstić information content (AvgIpc) is 2.85. The van der Waals surface area contributed by atoms with Gasteiger partial charge in [-0.1, -0.05) is 12.8 Å². The van der Waals surface area contributed by atoms with Crippen LogP contribution in [0.3, 0.4) is 0 Å². The van der Waals surface area contributed by atoms with Crippen LogP contribution in [0.5, 0.6) is 0 Å². The largest absolute Gasteiger partial charge is 0.341 e. The molecule has 2 aliphatic rings. The third kappa shape index (κ3) is 3.21. The molecule has 0 aromatic heterocycles. The highest BCUT2D eigenvalue weighted by Gasteiger charge is 2.33. The van der Waals surface area contributed by atoms with Crippen molar-refractivity contribution < 1.29 is 13.2 Å². The van der Waals surface area contributed by atoms with Crippen molar-refractivity contribution in [1.82, 2.24) is 4.90 Å². The molecule has 0 unspecified atom stereocenters. The van der Waals surface area contributed by atoms with Crippen molar-refractivity contribution in [2.24, 2.45) is 5.92 Å². The molecule has 2 rings (SSSR count). The van der Waals surface area contributed by atoms with E-state index in [1.807, 2.05) is 0 Å². The fourth-order valence-electron chi connectivity index (χ4n) is 2.89. The van der Waals surface area contributed by atoms with Crippen LogP contribution in [0.1, 0.15) is 38.5 Å². The minimum absolute atomic E-state index is 0.156. The lowest BCUT2D eigenvalue weighted by Crippen LogP contribution is -2.32. The first kappa shape index (κ1) is 12.9. The van der Waals surface area contributed by atoms with Gasteiger partial charge in [-0.3, -0.25) is 4.79 Å². The molecule has 2 fully saturated rings. The van der Waals surface area contributed by atoms with Crippen molar-refractivity contribution in [3.8, 4) is 0 Å². The number of hydrogen-bond donors (Lipinski definition) is 0. The second kappa shape index (κ2) is 4.96. The average molecular weight is 259 g/mol. The Balaban J connectivity index is 1.85. The van der Waals surface area contributed by atoms with Crippen LogP contribution >= 0.6 is 0 Å². The zero-order chi connectivity index (χ0) is 12.5. The Hall–Kier alpha value is -0.580. The highest BCUT2D eigenvalue weighted by Crippen LogP contribution is 2.29. The van der Waals surface area contributed by atoms with Gasteiger partial charge >= 0.3 is 0 Å². The maximum absolute atomic E-state index is 12.0. The summed E-state index contributed by atoms with van der Waals surface area (Å²) in [4.78, 5) is 13.7. The Bertz CT molecular complexity index is 385. The third-order valence-electron chi connectivity index (χ3n) is 4.04. The molecule has 1 aliphatic heterocycles. The summed E-state index contributed by atoms with van der Waals surface area (Å²) in [5.41, 5.74) is 0. The fourth-order valence-corrected chi connectivity index (χ4v) is 3.88. The van der Waals surface area contributed by atoms with Gasteiger partial charge in [0.2, 0.25) is 5.91 Å². The first-order valence-corrected chi connectivity index (χ1v) is 8.39. The Morgan fingerprint density at radius 2 is 1.88 bits per heavy atom. The van der Waals surface area contributed by atoms with E-state index >= 15 is 0 Å². The van der Waals surface area contributed by atoms with Crippen molar-refractivity contribution in [2.75, 3.05) is 19.3 Å². The molecular formula is C12H21NO3S. The summed E-state index contributed by atoms with van der Waals surface area (Å²) < 4.78 is 22.8. The van der Waals surface area contributed by atoms with E-state index in [0.29, 0.717) is 31.8 Å². The lowest BCUT2D eigenvalue weighted by Gasteiger charge is -2.18. The number of carbonyl (C=O) groups excluding carboxylic acids is 1. The zero-order valence-electron chi connectivity index (χ0n) is 10.4. The van der Waals surface area contributed by atoms with Gasteiger partial charge in [-0.25, -0.2) is 8.42 Å². The summed E-state index contributed by atoms with van der Waals surface area (Å²) in [6, 6.07) is 0. The molecule has 0 radical (unpaired) electrons. The second-order valence-corrected chi connectivity index (χ2v) is 7.76. The SMILES string of the molecule is CS(=O)(=O)[C@@H]1CCN(C(=O)CC2CCCC2)C1. The van der Waals surface area contributed by atoms with Gasteiger partial charge in [0.1, 0.15) is 0 Å². The van der Waals surface area contributed by atoms with Crippen molar-refractivity contribution in [2.45, 2.75) is 43.8 Å². The molecule has 17 heavy (non-hydrogen) atoms. The fraction of sp³-hybridized carbons (Fsp3) is 0.917. The molecule has 4 nitrogen and oxygen atoms in total. The van der Waals surface area contributed by atoms with Crippen LogP contribution in [-0.2, 0) is 14.6 Å². The van der Waals surface area contributed by atoms with E-state index in [4.69, 9.17) is 0 Å². The van der Waals surface area contributed by atoms with Crippen LogP contribution in [0, 0.1) is 5.92 Å². The second-order valence-electron chi connectivity index (χ2n) is 5.43. The number of nitrogens with zero attached hydrogens (tertiary/aromatic N) is 1. The Labute approximate surface area is 103 Å². The monoisotopic (exact) mass is 259 g/mol. The van der Waals surface area contributed by atoms with Crippen molar-refractivity contribution in [3.05, 3.63) is 0 Å². The van der Waals surface area contributed by atoms with Crippen molar-refractivity contribution in [1.29, 1.82) is 0 Å². The highest BCUT2D eigenvalue weighted by atomic mass is 32.2. The van der Waals surface area contributed by atoms with E-state index in [1.165, 1.54) is 19.1 Å². The third-order valence-corrected chi connectivity index (χ3v) is 5.64. The van der Waals surface area contributed by atoms with Gasteiger partial charge < -0.3 is 4.90 Å². The van der Waals surface area contributed by atoms with E-state index in [0.717, 1.165) is 12.8 Å². The summed E-state index contributed by atoms with van der Waals surface area (Å²) in [7, 11) is -2.99. The Kier molecular flexibility index (Phi) is 3.76. The number of hydrogen-bond acceptors (Lipinski definition) is 3. The molecule has 0 bridgehead atoms. The van der Waals surface area contributed by atoms with Crippen LogP contribution in [0.2, 0.25) is 0 Å². The number of sulfone groups is 1. The minimum Gasteiger partial charge on any atom is -0.341 e. The molecule has 0 aromatic carbocycles. The first-order chi connectivity index (χ1) is 7.97. The molecule has 0 aromatic rings. The molecule has 98 valence electrons. The van der Waals surface area contributed by atoms with Crippen LogP contribution in [0.4, 0.5) is 0 Å². The van der Waals surface area contributed by atoms with Gasteiger partial charge in [0.05, 0.1) is 5.25 Å². The summed E-state index contributed by atoms with van der Waals surface area (Å²) in [5, 5.41) is -0.338. The standard InChI is InChI=1S/C12H21NO3S/c1-17(15,16)11-6-7-13(9-11)12(14)8-10-4-2-3-5-10/h10-11H,2-9H2,1H3/t11-/m1/s1. The molecule has 1 atom stereocenters.